The van der Waals surface area contributed by atoms with Crippen molar-refractivity contribution in [2.45, 2.75) is 53.4 Å². The van der Waals surface area contributed by atoms with Crippen LogP contribution in [0, 0.1) is 12.8 Å². The van der Waals surface area contributed by atoms with Crippen molar-refractivity contribution in [3.63, 3.8) is 0 Å². The Morgan fingerprint density at radius 1 is 1.14 bits per heavy atom. The van der Waals surface area contributed by atoms with Crippen molar-refractivity contribution in [2.24, 2.45) is 5.92 Å². The van der Waals surface area contributed by atoms with Gasteiger partial charge in [0.15, 0.2) is 0 Å². The Hall–Kier alpha value is -2.90. The standard InChI is InChI=1S/C30H35N3O2S2/c1-5-6-10-16-32-29(34)27(37-30(32)36)19-24-20-33(25-11-8-7-9-12-25)31-28(24)23-13-14-26(22(4)18-23)35-17-15-21(2)3/h7-9,11-14,18-21H,5-6,10,15-17H2,1-4H3/b27-19-. The number of hydrogen-bond acceptors (Lipinski definition) is 5. The monoisotopic (exact) mass is 533 g/mol. The number of aromatic nitrogens is 2. The first kappa shape index (κ1) is 27.1. The molecular weight excluding hydrogens is 498 g/mol. The van der Waals surface area contributed by atoms with Gasteiger partial charge in [0.25, 0.3) is 5.91 Å². The van der Waals surface area contributed by atoms with Gasteiger partial charge in [0.2, 0.25) is 0 Å². The number of rotatable bonds is 11. The van der Waals surface area contributed by atoms with Crippen molar-refractivity contribution in [3.05, 3.63) is 70.8 Å². The molecule has 0 N–H and O–H groups in total. The first-order valence-electron chi connectivity index (χ1n) is 13.0. The van der Waals surface area contributed by atoms with E-state index in [0.29, 0.717) is 28.3 Å². The summed E-state index contributed by atoms with van der Waals surface area (Å²) in [4.78, 5) is 15.6. The summed E-state index contributed by atoms with van der Waals surface area (Å²) in [5.74, 6) is 1.47. The minimum atomic E-state index is -0.0189. The van der Waals surface area contributed by atoms with Crippen LogP contribution in [0.5, 0.6) is 5.75 Å². The molecule has 5 nitrogen and oxygen atoms in total. The fourth-order valence-corrected chi connectivity index (χ4v) is 5.45. The molecule has 1 aliphatic rings. The van der Waals surface area contributed by atoms with E-state index in [2.05, 4.69) is 33.8 Å². The molecule has 37 heavy (non-hydrogen) atoms. The number of thioether (sulfide) groups is 1. The van der Waals surface area contributed by atoms with E-state index in [1.54, 1.807) is 4.90 Å². The highest BCUT2D eigenvalue weighted by Crippen LogP contribution is 2.36. The molecule has 2 aromatic carbocycles. The zero-order chi connectivity index (χ0) is 26.4. The second-order valence-corrected chi connectivity index (χ2v) is 11.4. The van der Waals surface area contributed by atoms with E-state index in [4.69, 9.17) is 22.1 Å². The van der Waals surface area contributed by atoms with E-state index in [9.17, 15) is 4.79 Å². The van der Waals surface area contributed by atoms with Gasteiger partial charge in [-0.3, -0.25) is 9.69 Å². The molecule has 1 aromatic heterocycles. The number of unbranched alkanes of at least 4 members (excludes halogenated alkanes) is 2. The molecule has 0 unspecified atom stereocenters. The van der Waals surface area contributed by atoms with Gasteiger partial charge >= 0.3 is 0 Å². The molecule has 2 heterocycles. The van der Waals surface area contributed by atoms with Crippen LogP contribution in [0.2, 0.25) is 0 Å². The zero-order valence-corrected chi connectivity index (χ0v) is 23.7. The van der Waals surface area contributed by atoms with E-state index in [1.807, 2.05) is 59.4 Å². The lowest BCUT2D eigenvalue weighted by Gasteiger charge is -2.13. The predicted octanol–water partition coefficient (Wildman–Crippen LogP) is 7.66. The molecule has 1 aliphatic heterocycles. The number of carbonyl (C=O) groups is 1. The second kappa shape index (κ2) is 12.6. The van der Waals surface area contributed by atoms with Crippen molar-refractivity contribution >= 4 is 40.3 Å². The van der Waals surface area contributed by atoms with Gasteiger partial charge in [-0.15, -0.1) is 0 Å². The molecule has 4 rings (SSSR count). The summed E-state index contributed by atoms with van der Waals surface area (Å²) in [7, 11) is 0. The quantitative estimate of drug-likeness (QED) is 0.144. The van der Waals surface area contributed by atoms with E-state index >= 15 is 0 Å². The van der Waals surface area contributed by atoms with Crippen molar-refractivity contribution < 1.29 is 9.53 Å². The number of carbonyl (C=O) groups excluding carboxylic acids is 1. The minimum Gasteiger partial charge on any atom is -0.493 e. The second-order valence-electron chi connectivity index (χ2n) is 9.76. The summed E-state index contributed by atoms with van der Waals surface area (Å²) in [6.45, 7) is 9.98. The number of aryl methyl sites for hydroxylation is 1. The Bertz CT molecular complexity index is 1280. The largest absolute Gasteiger partial charge is 0.493 e. The highest BCUT2D eigenvalue weighted by molar-refractivity contribution is 8.26. The van der Waals surface area contributed by atoms with Crippen molar-refractivity contribution in [1.82, 2.24) is 14.7 Å². The molecule has 0 radical (unpaired) electrons. The molecule has 0 spiro atoms. The van der Waals surface area contributed by atoms with Gasteiger partial charge in [-0.25, -0.2) is 4.68 Å². The molecule has 0 aliphatic carbocycles. The van der Waals surface area contributed by atoms with Crippen LogP contribution in [0.1, 0.15) is 57.6 Å². The summed E-state index contributed by atoms with van der Waals surface area (Å²) < 4.78 is 8.52. The highest BCUT2D eigenvalue weighted by atomic mass is 32.2. The molecule has 194 valence electrons. The van der Waals surface area contributed by atoms with Crippen LogP contribution in [0.15, 0.2) is 59.6 Å². The number of benzene rings is 2. The van der Waals surface area contributed by atoms with Crippen molar-refractivity contribution in [2.75, 3.05) is 13.2 Å². The lowest BCUT2D eigenvalue weighted by Crippen LogP contribution is -2.28. The third-order valence-electron chi connectivity index (χ3n) is 6.31. The molecule has 3 aromatic rings. The Balaban J connectivity index is 1.67. The summed E-state index contributed by atoms with van der Waals surface area (Å²) in [5, 5.41) is 4.94. The van der Waals surface area contributed by atoms with E-state index in [0.717, 1.165) is 59.5 Å². The normalized spacial score (nSPS) is 14.8. The summed E-state index contributed by atoms with van der Waals surface area (Å²) in [6, 6.07) is 16.2. The van der Waals surface area contributed by atoms with Crippen LogP contribution in [0.25, 0.3) is 23.0 Å². The molecule has 0 saturated carbocycles. The maximum Gasteiger partial charge on any atom is 0.266 e. The maximum atomic E-state index is 13.2. The van der Waals surface area contributed by atoms with Crippen LogP contribution in [-0.2, 0) is 4.79 Å². The van der Waals surface area contributed by atoms with Gasteiger partial charge in [0.1, 0.15) is 15.8 Å². The molecular formula is C30H35N3O2S2. The third-order valence-corrected chi connectivity index (χ3v) is 7.69. The van der Waals surface area contributed by atoms with Crippen molar-refractivity contribution in [1.29, 1.82) is 0 Å². The SMILES string of the molecule is CCCCCN1C(=O)/C(=C/c2cn(-c3ccccc3)nc2-c2ccc(OCCC(C)C)c(C)c2)SC1=S. The molecule has 0 bridgehead atoms. The Labute approximate surface area is 229 Å². The molecule has 0 atom stereocenters. The predicted molar refractivity (Wildman–Crippen MR) is 158 cm³/mol. The molecule has 7 heteroatoms. The Morgan fingerprint density at radius 3 is 2.62 bits per heavy atom. The smallest absolute Gasteiger partial charge is 0.266 e. The first-order chi connectivity index (χ1) is 17.9. The lowest BCUT2D eigenvalue weighted by atomic mass is 10.0. The number of para-hydroxylation sites is 1. The van der Waals surface area contributed by atoms with Crippen LogP contribution in [0.4, 0.5) is 0 Å². The highest BCUT2D eigenvalue weighted by Gasteiger charge is 2.32. The van der Waals surface area contributed by atoms with Gasteiger partial charge in [-0.1, -0.05) is 75.8 Å². The Kier molecular flexibility index (Phi) is 9.22. The topological polar surface area (TPSA) is 47.4 Å². The van der Waals surface area contributed by atoms with Gasteiger partial charge in [0, 0.05) is 23.9 Å². The molecule has 1 fully saturated rings. The molecule has 1 amide bonds. The van der Waals surface area contributed by atoms with E-state index in [-0.39, 0.29) is 5.91 Å². The average molecular weight is 534 g/mol. The zero-order valence-electron chi connectivity index (χ0n) is 22.1. The summed E-state index contributed by atoms with van der Waals surface area (Å²) >= 11 is 6.92. The average Bonchev–Trinajstić information content (AvgIpc) is 3.42. The fraction of sp³-hybridized carbons (Fsp3) is 0.367. The van der Waals surface area contributed by atoms with Crippen LogP contribution in [0.3, 0.4) is 0 Å². The van der Waals surface area contributed by atoms with Crippen molar-refractivity contribution in [3.8, 4) is 22.7 Å². The van der Waals surface area contributed by atoms with Gasteiger partial charge in [-0.2, -0.15) is 5.10 Å². The number of ether oxygens (including phenoxy) is 1. The minimum absolute atomic E-state index is 0.0189. The summed E-state index contributed by atoms with van der Waals surface area (Å²) in [6.07, 6.45) is 8.08. The summed E-state index contributed by atoms with van der Waals surface area (Å²) in [5.41, 5.74) is 4.69. The number of thiocarbonyl (C=S) groups is 1. The van der Waals surface area contributed by atoms with Crippen LogP contribution < -0.4 is 4.74 Å². The number of hydrogen-bond donors (Lipinski definition) is 0. The Morgan fingerprint density at radius 2 is 1.92 bits per heavy atom. The van der Waals surface area contributed by atoms with E-state index in [1.165, 1.54) is 11.8 Å². The maximum absolute atomic E-state index is 13.2. The molecule has 1 saturated heterocycles. The third kappa shape index (κ3) is 6.70. The number of nitrogens with zero attached hydrogens (tertiary/aromatic N) is 3. The lowest BCUT2D eigenvalue weighted by molar-refractivity contribution is -0.122. The fourth-order valence-electron chi connectivity index (χ4n) is 4.15. The van der Waals surface area contributed by atoms with Gasteiger partial charge < -0.3 is 4.74 Å². The number of amides is 1. The van der Waals surface area contributed by atoms with Gasteiger partial charge in [0.05, 0.1) is 17.2 Å². The van der Waals surface area contributed by atoms with E-state index < -0.39 is 0 Å². The van der Waals surface area contributed by atoms with Gasteiger partial charge in [-0.05, 0) is 67.7 Å². The van der Waals surface area contributed by atoms with Crippen LogP contribution >= 0.6 is 24.0 Å². The van der Waals surface area contributed by atoms with Crippen LogP contribution in [-0.4, -0.2) is 38.1 Å². The first-order valence-corrected chi connectivity index (χ1v) is 14.2.